The van der Waals surface area contributed by atoms with Gasteiger partial charge in [0.25, 0.3) is 10.0 Å². The zero-order valence-corrected chi connectivity index (χ0v) is 12.7. The highest BCUT2D eigenvalue weighted by molar-refractivity contribution is 7.92. The van der Waals surface area contributed by atoms with Crippen molar-refractivity contribution in [2.75, 3.05) is 11.8 Å². The van der Waals surface area contributed by atoms with Crippen LogP contribution in [0.3, 0.4) is 0 Å². The van der Waals surface area contributed by atoms with Crippen molar-refractivity contribution in [3.8, 4) is 0 Å². The zero-order valence-electron chi connectivity index (χ0n) is 11.2. The van der Waals surface area contributed by atoms with Crippen LogP contribution in [-0.4, -0.2) is 31.7 Å². The molecule has 112 valence electrons. The second-order valence-electron chi connectivity index (χ2n) is 4.18. The first-order valence-corrected chi connectivity index (χ1v) is 7.62. The van der Waals surface area contributed by atoms with Gasteiger partial charge in [0, 0.05) is 11.8 Å². The topological polar surface area (TPSA) is 101 Å². The third-order valence-electron chi connectivity index (χ3n) is 2.59. The molecule has 1 aromatic heterocycles. The van der Waals surface area contributed by atoms with Crippen LogP contribution >= 0.6 is 11.6 Å². The van der Waals surface area contributed by atoms with Crippen LogP contribution in [0.15, 0.2) is 29.2 Å². The van der Waals surface area contributed by atoms with Crippen molar-refractivity contribution in [1.29, 1.82) is 0 Å². The van der Waals surface area contributed by atoms with Crippen molar-refractivity contribution in [3.05, 3.63) is 40.5 Å². The molecule has 0 unspecified atom stereocenters. The average molecular weight is 330 g/mol. The Hall–Kier alpha value is -2.06. The van der Waals surface area contributed by atoms with Crippen molar-refractivity contribution >= 4 is 33.4 Å². The van der Waals surface area contributed by atoms with Gasteiger partial charge in [-0.05, 0) is 25.1 Å². The minimum absolute atomic E-state index is 0.0117. The van der Waals surface area contributed by atoms with E-state index in [2.05, 4.69) is 19.7 Å². The molecule has 2 N–H and O–H groups in total. The molecule has 0 fully saturated rings. The summed E-state index contributed by atoms with van der Waals surface area (Å²) in [7, 11) is -2.76. The number of carbonyl (C=O) groups is 1. The number of nitrogens with one attached hydrogen (secondary N) is 2. The Labute approximate surface area is 126 Å². The number of hydrogen-bond acceptors (Lipinski definition) is 5. The molecule has 0 aliphatic carbocycles. The highest BCUT2D eigenvalue weighted by atomic mass is 35.5. The molecule has 1 heterocycles. The quantitative estimate of drug-likeness (QED) is 0.835. The average Bonchev–Trinajstić information content (AvgIpc) is 2.82. The highest BCUT2D eigenvalue weighted by Gasteiger charge is 2.21. The number of sulfonamides is 1. The van der Waals surface area contributed by atoms with E-state index < -0.39 is 16.0 Å². The van der Waals surface area contributed by atoms with Crippen LogP contribution in [0.1, 0.15) is 16.1 Å². The first-order chi connectivity index (χ1) is 9.83. The molecule has 21 heavy (non-hydrogen) atoms. The highest BCUT2D eigenvalue weighted by Crippen LogP contribution is 2.25. The van der Waals surface area contributed by atoms with Gasteiger partial charge in [-0.15, -0.1) is 0 Å². The molecule has 0 atom stereocenters. The molecule has 1 aromatic carbocycles. The van der Waals surface area contributed by atoms with Gasteiger partial charge in [0.2, 0.25) is 0 Å². The summed E-state index contributed by atoms with van der Waals surface area (Å²) in [5.74, 6) is -0.522. The molecule has 0 spiro atoms. The molecule has 0 saturated heterocycles. The number of carbonyl (C=O) groups excluding carboxylic acids is 1. The van der Waals surface area contributed by atoms with E-state index in [-0.39, 0.29) is 21.3 Å². The van der Waals surface area contributed by atoms with E-state index >= 15 is 0 Å². The molecule has 0 amide bonds. The predicted octanol–water partition coefficient (Wildman–Crippen LogP) is 1.96. The zero-order chi connectivity index (χ0) is 15.6. The van der Waals surface area contributed by atoms with Crippen LogP contribution in [0.5, 0.6) is 0 Å². The fraction of sp³-hybridized carbons (Fsp3) is 0.167. The van der Waals surface area contributed by atoms with E-state index in [0.29, 0.717) is 5.69 Å². The molecule has 0 saturated carbocycles. The number of benzene rings is 1. The Kier molecular flexibility index (Phi) is 4.19. The lowest BCUT2D eigenvalue weighted by Gasteiger charge is -2.08. The fourth-order valence-electron chi connectivity index (χ4n) is 1.62. The Morgan fingerprint density at radius 2 is 2.10 bits per heavy atom. The monoisotopic (exact) mass is 329 g/mol. The summed E-state index contributed by atoms with van der Waals surface area (Å²) in [5, 5.41) is 6.38. The maximum Gasteiger partial charge on any atom is 0.337 e. The third kappa shape index (κ3) is 3.34. The standard InChI is InChI=1S/C12H12ClN3O4S/c1-7-5-11(15-14-7)16-21(18,19)10-6-8(12(17)20-2)3-4-9(10)13/h3-6H,1-2H3,(H2,14,15,16). The normalized spacial score (nSPS) is 11.2. The molecule has 0 aliphatic rings. The minimum Gasteiger partial charge on any atom is -0.465 e. The summed E-state index contributed by atoms with van der Waals surface area (Å²) in [5.41, 5.74) is 0.780. The lowest BCUT2D eigenvalue weighted by atomic mass is 10.2. The number of nitrogens with zero attached hydrogens (tertiary/aromatic N) is 1. The minimum atomic E-state index is -3.97. The van der Waals surface area contributed by atoms with E-state index in [4.69, 9.17) is 11.6 Å². The number of rotatable bonds is 4. The van der Waals surface area contributed by atoms with Gasteiger partial charge in [0.1, 0.15) is 4.90 Å². The molecular formula is C12H12ClN3O4S. The second kappa shape index (κ2) is 5.74. The van der Waals surface area contributed by atoms with Crippen molar-refractivity contribution in [3.63, 3.8) is 0 Å². The van der Waals surface area contributed by atoms with E-state index in [1.807, 2.05) is 0 Å². The summed E-state index contributed by atoms with van der Waals surface area (Å²) in [6, 6.07) is 5.37. The summed E-state index contributed by atoms with van der Waals surface area (Å²) in [4.78, 5) is 11.2. The first kappa shape index (κ1) is 15.3. The summed E-state index contributed by atoms with van der Waals surface area (Å²) < 4.78 is 31.4. The smallest absolute Gasteiger partial charge is 0.337 e. The van der Waals surface area contributed by atoms with Crippen LogP contribution in [0.2, 0.25) is 5.02 Å². The summed E-state index contributed by atoms with van der Waals surface area (Å²) in [6.45, 7) is 1.73. The van der Waals surface area contributed by atoms with Gasteiger partial charge in [-0.1, -0.05) is 11.6 Å². The number of aromatic amines is 1. The lowest BCUT2D eigenvalue weighted by molar-refractivity contribution is 0.0600. The summed E-state index contributed by atoms with van der Waals surface area (Å²) >= 11 is 5.90. The van der Waals surface area contributed by atoms with Gasteiger partial charge in [-0.2, -0.15) is 5.10 Å². The van der Waals surface area contributed by atoms with E-state index in [0.717, 1.165) is 6.07 Å². The number of methoxy groups -OCH3 is 1. The maximum absolute atomic E-state index is 12.3. The van der Waals surface area contributed by atoms with Gasteiger partial charge in [-0.3, -0.25) is 9.82 Å². The number of aryl methyl sites for hydroxylation is 1. The molecular weight excluding hydrogens is 318 g/mol. The number of anilines is 1. The fourth-order valence-corrected chi connectivity index (χ4v) is 3.14. The number of ether oxygens (including phenoxy) is 1. The van der Waals surface area contributed by atoms with Gasteiger partial charge < -0.3 is 4.74 Å². The number of hydrogen-bond donors (Lipinski definition) is 2. The number of H-pyrrole nitrogens is 1. The number of aromatic nitrogens is 2. The van der Waals surface area contributed by atoms with Crippen LogP contribution < -0.4 is 4.72 Å². The Bertz CT molecular complexity index is 786. The number of esters is 1. The van der Waals surface area contributed by atoms with Crippen LogP contribution in [0.25, 0.3) is 0 Å². The van der Waals surface area contributed by atoms with Crippen molar-refractivity contribution in [2.24, 2.45) is 0 Å². The Morgan fingerprint density at radius 1 is 1.38 bits per heavy atom. The van der Waals surface area contributed by atoms with E-state index in [9.17, 15) is 13.2 Å². The molecule has 2 rings (SSSR count). The number of halogens is 1. The molecule has 0 bridgehead atoms. The lowest BCUT2D eigenvalue weighted by Crippen LogP contribution is -2.15. The summed E-state index contributed by atoms with van der Waals surface area (Å²) in [6.07, 6.45) is 0. The van der Waals surface area contributed by atoms with Crippen molar-refractivity contribution < 1.29 is 17.9 Å². The van der Waals surface area contributed by atoms with E-state index in [1.165, 1.54) is 25.3 Å². The van der Waals surface area contributed by atoms with Gasteiger partial charge in [0.15, 0.2) is 5.82 Å². The van der Waals surface area contributed by atoms with Gasteiger partial charge in [-0.25, -0.2) is 13.2 Å². The Morgan fingerprint density at radius 3 is 2.67 bits per heavy atom. The van der Waals surface area contributed by atoms with Crippen LogP contribution in [-0.2, 0) is 14.8 Å². The molecule has 9 heteroatoms. The molecule has 0 aliphatic heterocycles. The van der Waals surface area contributed by atoms with Crippen LogP contribution in [0, 0.1) is 6.92 Å². The largest absolute Gasteiger partial charge is 0.465 e. The predicted molar refractivity (Wildman–Crippen MR) is 76.9 cm³/mol. The molecule has 2 aromatic rings. The van der Waals surface area contributed by atoms with Gasteiger partial charge >= 0.3 is 5.97 Å². The molecule has 0 radical (unpaired) electrons. The molecule has 7 nitrogen and oxygen atoms in total. The first-order valence-electron chi connectivity index (χ1n) is 5.76. The van der Waals surface area contributed by atoms with Crippen molar-refractivity contribution in [1.82, 2.24) is 10.2 Å². The van der Waals surface area contributed by atoms with Crippen molar-refractivity contribution in [2.45, 2.75) is 11.8 Å². The van der Waals surface area contributed by atoms with Crippen LogP contribution in [0.4, 0.5) is 5.82 Å². The second-order valence-corrected chi connectivity index (χ2v) is 6.24. The Balaban J connectivity index is 2.41. The SMILES string of the molecule is COC(=O)c1ccc(Cl)c(S(=O)(=O)Nc2cc(C)[nH]n2)c1. The van der Waals surface area contributed by atoms with E-state index in [1.54, 1.807) is 6.92 Å². The van der Waals surface area contributed by atoms with Gasteiger partial charge in [0.05, 0.1) is 17.7 Å². The maximum atomic E-state index is 12.3. The third-order valence-corrected chi connectivity index (χ3v) is 4.42.